The molecule has 13 rings (SSSR count). The second-order valence-electron chi connectivity index (χ2n) is 27.7. The number of hydrogen-bond acceptors (Lipinski definition) is 17. The van der Waals surface area contributed by atoms with E-state index in [0.717, 1.165) is 107 Å². The molecule has 0 radical (unpaired) electrons. The highest BCUT2D eigenvalue weighted by Gasteiger charge is 2.46. The molecule has 0 fully saturated rings. The fourth-order valence-corrected chi connectivity index (χ4v) is 14.9. The summed E-state index contributed by atoms with van der Waals surface area (Å²) in [6.45, 7) is 27.8. The minimum Gasteiger partial charge on any atom is -0.458 e. The molecule has 0 amide bonds. The van der Waals surface area contributed by atoms with Crippen LogP contribution in [0.15, 0.2) is 287 Å². The van der Waals surface area contributed by atoms with Crippen LogP contribution in [0, 0.1) is 0 Å². The largest absolute Gasteiger partial charge is 0.516 e. The molecule has 19 nitrogen and oxygen atoms in total. The van der Waals surface area contributed by atoms with Crippen LogP contribution in [-0.2, 0) is 118 Å². The topological polar surface area (TPSA) is 293 Å². The molecule has 0 spiro atoms. The van der Waals surface area contributed by atoms with E-state index in [0.29, 0.717) is 43.4 Å². The Hall–Kier alpha value is -12.7. The number of sulfonamides is 1. The maximum absolute atomic E-state index is 12.9. The molecule has 13 aromatic rings. The van der Waals surface area contributed by atoms with Crippen LogP contribution >= 0.6 is 0 Å². The van der Waals surface area contributed by atoms with Gasteiger partial charge in [0.05, 0.1) is 22.5 Å². The van der Waals surface area contributed by atoms with E-state index < -0.39 is 72.3 Å². The van der Waals surface area contributed by atoms with E-state index in [1.165, 1.54) is 12.1 Å². The van der Waals surface area contributed by atoms with E-state index in [1.54, 1.807) is 131 Å². The summed E-state index contributed by atoms with van der Waals surface area (Å²) in [7, 11) is -10.1. The SMILES string of the molecule is C=CC(=O)OCc1c2ccccc2c(C(C)(C)O)c2ccccc12.C=CC(=O)OCc1c2ccccc2c(NS(=O)(=O)C(F)(F)F)c2ccccc12.C=CC(=O)OCc1c2ccccc2c(S(=O)(=O)O)c2ccccc12.C=CC(=O)OCc1ccc(C(C)(C)O)c2ccccc12.C=CC(=O)OCc1ccc(C(C)(C)O)c2ccccc12. The number of carbonyl (C=O) groups is 5. The van der Waals surface area contributed by atoms with Gasteiger partial charge in [-0.15, -0.1) is 0 Å². The third kappa shape index (κ3) is 20.6. The van der Waals surface area contributed by atoms with Gasteiger partial charge in [0.25, 0.3) is 10.1 Å². The van der Waals surface area contributed by atoms with Crippen LogP contribution in [0.25, 0.3) is 86.2 Å². The van der Waals surface area contributed by atoms with Crippen molar-refractivity contribution in [3.8, 4) is 0 Å². The Kier molecular flexibility index (Phi) is 27.9. The van der Waals surface area contributed by atoms with Gasteiger partial charge in [-0.2, -0.15) is 30.0 Å². The molecule has 0 heterocycles. The van der Waals surface area contributed by atoms with Gasteiger partial charge >= 0.3 is 45.4 Å². The highest BCUT2D eigenvalue weighted by molar-refractivity contribution is 7.93. The molecule has 0 aliphatic heterocycles. The summed E-state index contributed by atoms with van der Waals surface area (Å²) in [5.41, 5.74) is -1.94. The normalized spacial score (nSPS) is 11.6. The summed E-state index contributed by atoms with van der Waals surface area (Å²) in [4.78, 5) is 56.6. The second kappa shape index (κ2) is 37.1. The fourth-order valence-electron chi connectivity index (χ4n) is 13.4. The van der Waals surface area contributed by atoms with Gasteiger partial charge in [0.2, 0.25) is 0 Å². The molecule has 0 aliphatic rings. The predicted octanol–water partition coefficient (Wildman–Crippen LogP) is 19.0. The summed E-state index contributed by atoms with van der Waals surface area (Å²) in [5.74, 6) is -2.56. The zero-order chi connectivity index (χ0) is 84.7. The first-order chi connectivity index (χ1) is 54.9. The Morgan fingerprint density at radius 1 is 0.336 bits per heavy atom. The Balaban J connectivity index is 0.000000167. The van der Waals surface area contributed by atoms with Crippen molar-refractivity contribution in [2.24, 2.45) is 0 Å². The number of ether oxygens (including phenoxy) is 5. The van der Waals surface area contributed by atoms with Crippen molar-refractivity contribution < 1.29 is 97.5 Å². The van der Waals surface area contributed by atoms with E-state index in [-0.39, 0.29) is 54.4 Å². The van der Waals surface area contributed by atoms with E-state index in [2.05, 4.69) is 32.9 Å². The number of nitrogens with one attached hydrogen (secondary N) is 1. The van der Waals surface area contributed by atoms with Gasteiger partial charge in [-0.25, -0.2) is 24.0 Å². The molecule has 0 bridgehead atoms. The van der Waals surface area contributed by atoms with Crippen molar-refractivity contribution in [1.82, 2.24) is 0 Å². The summed E-state index contributed by atoms with van der Waals surface area (Å²) in [5, 5.41) is 42.3. The Labute approximate surface area is 668 Å². The molecule has 116 heavy (non-hydrogen) atoms. The number of anilines is 1. The average Bonchev–Trinajstić information content (AvgIpc) is 0.750. The Morgan fingerprint density at radius 2 is 0.569 bits per heavy atom. The van der Waals surface area contributed by atoms with E-state index in [9.17, 15) is 73.9 Å². The number of carbonyl (C=O) groups excluding carboxylic acids is 5. The van der Waals surface area contributed by atoms with Gasteiger partial charge in [-0.3, -0.25) is 9.27 Å². The van der Waals surface area contributed by atoms with Crippen LogP contribution in [0.3, 0.4) is 0 Å². The molecule has 598 valence electrons. The zero-order valence-corrected chi connectivity index (χ0v) is 65.8. The second-order valence-corrected chi connectivity index (χ2v) is 30.7. The maximum atomic E-state index is 12.9. The summed E-state index contributed by atoms with van der Waals surface area (Å²) < 4.78 is 123. The monoisotopic (exact) mass is 1610 g/mol. The van der Waals surface area contributed by atoms with Crippen LogP contribution in [0.5, 0.6) is 0 Å². The van der Waals surface area contributed by atoms with Crippen molar-refractivity contribution in [2.75, 3.05) is 4.72 Å². The number of halogens is 3. The number of rotatable bonds is 21. The number of esters is 5. The summed E-state index contributed by atoms with van der Waals surface area (Å²) >= 11 is 0. The molecular formula is C92H84F3NO18S2. The van der Waals surface area contributed by atoms with Crippen molar-refractivity contribution in [2.45, 2.75) is 102 Å². The smallest absolute Gasteiger partial charge is 0.458 e. The first-order valence-electron chi connectivity index (χ1n) is 35.9. The highest BCUT2D eigenvalue weighted by Crippen LogP contribution is 2.43. The van der Waals surface area contributed by atoms with Gasteiger partial charge in [0.15, 0.2) is 0 Å². The quantitative estimate of drug-likeness (QED) is 0.0147. The molecule has 0 saturated heterocycles. The first kappa shape index (κ1) is 87.3. The standard InChI is InChI=1S/C21H20O3.C19H14F3NO4S.C18H14O5S.2C17H18O3/c1-4-19(22)24-13-18-14-9-5-7-11-16(14)20(21(2,3)23)17-12-8-6-10-15(17)18;1-2-17(24)27-11-16-12-7-3-5-9-14(12)18(15-10-6-4-8-13(15)16)23-28(25,26)19(20,21)22;1-2-17(19)23-11-16-12-7-3-5-9-14(12)18(24(20,21)22)15-10-6-4-8-13(15)16;2*1-4-16(18)20-11-12-9-10-15(17(2,3)19)14-8-6-5-7-13(12)14/h4-12,23H,1,13H2,2-3H3;2-10,23H,1,11H2;2-10H,1,11H2,(H,20,21,22);2*4-10,19H,1,11H2,2-3H3. The number of benzene rings is 13. The molecule has 5 N–H and O–H groups in total. The third-order valence-electron chi connectivity index (χ3n) is 18.5. The van der Waals surface area contributed by atoms with Crippen molar-refractivity contribution in [1.29, 1.82) is 0 Å². The van der Waals surface area contributed by atoms with E-state index in [1.807, 2.05) is 121 Å². The van der Waals surface area contributed by atoms with Crippen molar-refractivity contribution in [3.63, 3.8) is 0 Å². The van der Waals surface area contributed by atoms with Crippen LogP contribution in [0.4, 0.5) is 18.9 Å². The van der Waals surface area contributed by atoms with E-state index >= 15 is 0 Å². The maximum Gasteiger partial charge on any atom is 0.516 e. The van der Waals surface area contributed by atoms with Crippen LogP contribution in [0.2, 0.25) is 0 Å². The van der Waals surface area contributed by atoms with Crippen LogP contribution in [0.1, 0.15) is 86.1 Å². The molecule has 0 aliphatic carbocycles. The minimum absolute atomic E-state index is 0.0301. The van der Waals surface area contributed by atoms with Gasteiger partial charge in [0.1, 0.15) is 37.9 Å². The fraction of sp³-hybridized carbons (Fsp3) is 0.163. The van der Waals surface area contributed by atoms with E-state index in [4.69, 9.17) is 23.7 Å². The predicted molar refractivity (Wildman–Crippen MR) is 446 cm³/mol. The van der Waals surface area contributed by atoms with Gasteiger partial charge < -0.3 is 39.0 Å². The molecule has 0 atom stereocenters. The Bertz CT molecular complexity index is 5950. The lowest BCUT2D eigenvalue weighted by molar-refractivity contribution is -0.139. The van der Waals surface area contributed by atoms with Crippen LogP contribution in [-0.4, -0.2) is 72.1 Å². The molecule has 0 saturated carbocycles. The molecule has 0 aromatic heterocycles. The zero-order valence-electron chi connectivity index (χ0n) is 64.2. The number of aliphatic hydroxyl groups is 3. The minimum atomic E-state index is -5.62. The number of hydrogen-bond donors (Lipinski definition) is 5. The number of fused-ring (bicyclic) bond motifs is 8. The molecule has 13 aromatic carbocycles. The lowest BCUT2D eigenvalue weighted by Crippen LogP contribution is -2.30. The van der Waals surface area contributed by atoms with Crippen molar-refractivity contribution in [3.05, 3.63) is 326 Å². The number of alkyl halides is 3. The van der Waals surface area contributed by atoms with Gasteiger partial charge in [-0.1, -0.05) is 251 Å². The van der Waals surface area contributed by atoms with Gasteiger partial charge in [0, 0.05) is 68.6 Å². The average molecular weight is 1610 g/mol. The summed E-state index contributed by atoms with van der Waals surface area (Å²) in [6, 6.07) is 65.1. The first-order valence-corrected chi connectivity index (χ1v) is 38.8. The molecule has 0 unspecified atom stereocenters. The lowest BCUT2D eigenvalue weighted by Gasteiger charge is -2.24. The lowest BCUT2D eigenvalue weighted by atomic mass is 9.85. The van der Waals surface area contributed by atoms with Crippen molar-refractivity contribution >= 4 is 142 Å². The van der Waals surface area contributed by atoms with Gasteiger partial charge in [-0.05, 0) is 134 Å². The summed E-state index contributed by atoms with van der Waals surface area (Å²) in [6.07, 6.45) is 5.52. The molecule has 24 heteroatoms. The Morgan fingerprint density at radius 3 is 0.828 bits per heavy atom. The third-order valence-corrected chi connectivity index (χ3v) is 20.5. The van der Waals surface area contributed by atoms with Crippen LogP contribution < -0.4 is 4.72 Å². The molecular weight excluding hydrogens is 1530 g/mol. The highest BCUT2D eigenvalue weighted by atomic mass is 32.2.